The lowest BCUT2D eigenvalue weighted by Gasteiger charge is -2.26. The molecule has 0 saturated heterocycles. The lowest BCUT2D eigenvalue weighted by molar-refractivity contribution is -0.147. The van der Waals surface area contributed by atoms with E-state index in [0.717, 1.165) is 6.42 Å². The summed E-state index contributed by atoms with van der Waals surface area (Å²) in [5.41, 5.74) is -0.945. The second-order valence-electron chi connectivity index (χ2n) is 4.85. The van der Waals surface area contributed by atoms with Crippen molar-refractivity contribution in [2.24, 2.45) is 5.41 Å². The molecule has 1 aromatic carbocycles. The molecule has 2 rings (SSSR count). The maximum atomic E-state index is 12.8. The molecule has 3 atom stereocenters. The molecule has 98 valence electrons. The average molecular weight is 270 g/mol. The van der Waals surface area contributed by atoms with Crippen molar-refractivity contribution in [3.63, 3.8) is 0 Å². The second-order valence-corrected chi connectivity index (χ2v) is 6.49. The van der Waals surface area contributed by atoms with Crippen LogP contribution >= 0.6 is 0 Å². The molecule has 0 amide bonds. The van der Waals surface area contributed by atoms with Gasteiger partial charge in [-0.15, -0.1) is 0 Å². The van der Waals surface area contributed by atoms with Gasteiger partial charge in [0.2, 0.25) is 0 Å². The molecule has 0 aliphatic heterocycles. The number of carbonyl (C=O) groups is 1. The van der Waals surface area contributed by atoms with Crippen LogP contribution in [0.3, 0.4) is 0 Å². The molecule has 0 radical (unpaired) electrons. The van der Waals surface area contributed by atoms with E-state index >= 15 is 0 Å². The van der Waals surface area contributed by atoms with Crippen molar-refractivity contribution in [1.29, 1.82) is 0 Å². The van der Waals surface area contributed by atoms with Crippen molar-refractivity contribution in [3.8, 4) is 0 Å². The molecule has 1 fully saturated rings. The Kier molecular flexibility index (Phi) is 3.52. The van der Waals surface area contributed by atoms with Gasteiger partial charge in [-0.25, -0.2) is 4.39 Å². The van der Waals surface area contributed by atoms with Crippen molar-refractivity contribution in [2.45, 2.75) is 36.3 Å². The molecule has 0 bridgehead atoms. The number of hydrogen-bond donors (Lipinski definition) is 1. The van der Waals surface area contributed by atoms with Gasteiger partial charge in [0.15, 0.2) is 0 Å². The SMILES string of the molecule is CC1(C(=O)O)CCCC1S(=O)c1ccc(F)cc1. The summed E-state index contributed by atoms with van der Waals surface area (Å²) in [7, 11) is -1.40. The molecule has 0 spiro atoms. The quantitative estimate of drug-likeness (QED) is 0.918. The molecule has 1 aliphatic rings. The van der Waals surface area contributed by atoms with E-state index < -0.39 is 27.4 Å². The first-order valence-electron chi connectivity index (χ1n) is 5.85. The normalized spacial score (nSPS) is 29.1. The third-order valence-corrected chi connectivity index (χ3v) is 5.68. The standard InChI is InChI=1S/C13H15FO3S/c1-13(12(15)16)8-2-3-11(13)18(17)10-6-4-9(14)5-7-10/h4-7,11H,2-3,8H2,1H3,(H,15,16). The van der Waals surface area contributed by atoms with Crippen molar-refractivity contribution < 1.29 is 18.5 Å². The zero-order chi connectivity index (χ0) is 13.3. The summed E-state index contributed by atoms with van der Waals surface area (Å²) in [6.07, 6.45) is 1.94. The number of hydrogen-bond acceptors (Lipinski definition) is 2. The molecule has 3 nitrogen and oxygen atoms in total. The number of halogens is 1. The van der Waals surface area contributed by atoms with Crippen LogP contribution in [0.4, 0.5) is 4.39 Å². The molecule has 1 aromatic rings. The molecular weight excluding hydrogens is 255 g/mol. The first-order chi connectivity index (χ1) is 8.45. The van der Waals surface area contributed by atoms with E-state index in [9.17, 15) is 18.5 Å². The summed E-state index contributed by atoms with van der Waals surface area (Å²) in [5.74, 6) is -1.29. The van der Waals surface area contributed by atoms with E-state index in [4.69, 9.17) is 0 Å². The third kappa shape index (κ3) is 2.19. The highest BCUT2D eigenvalue weighted by Gasteiger charge is 2.48. The largest absolute Gasteiger partial charge is 0.481 e. The molecule has 5 heteroatoms. The fourth-order valence-electron chi connectivity index (χ4n) is 2.46. The predicted octanol–water partition coefficient (Wildman–Crippen LogP) is 2.58. The topological polar surface area (TPSA) is 54.4 Å². The van der Waals surface area contributed by atoms with Gasteiger partial charge in [-0.2, -0.15) is 0 Å². The zero-order valence-corrected chi connectivity index (χ0v) is 10.9. The maximum Gasteiger partial charge on any atom is 0.310 e. The monoisotopic (exact) mass is 270 g/mol. The molecule has 1 saturated carbocycles. The summed E-state index contributed by atoms with van der Waals surface area (Å²) in [4.78, 5) is 11.8. The summed E-state index contributed by atoms with van der Waals surface area (Å²) < 4.78 is 25.2. The Hall–Kier alpha value is -1.23. The average Bonchev–Trinajstić information content (AvgIpc) is 2.73. The Labute approximate surface area is 107 Å². The van der Waals surface area contributed by atoms with Crippen LogP contribution in [0, 0.1) is 11.2 Å². The smallest absolute Gasteiger partial charge is 0.310 e. The van der Waals surface area contributed by atoms with Crippen LogP contribution in [0.5, 0.6) is 0 Å². The van der Waals surface area contributed by atoms with Crippen molar-refractivity contribution in [2.75, 3.05) is 0 Å². The van der Waals surface area contributed by atoms with Crippen LogP contribution in [0.1, 0.15) is 26.2 Å². The maximum absolute atomic E-state index is 12.8. The van der Waals surface area contributed by atoms with Crippen LogP contribution in [-0.4, -0.2) is 20.5 Å². The molecule has 3 unspecified atom stereocenters. The van der Waals surface area contributed by atoms with E-state index in [-0.39, 0.29) is 5.82 Å². The minimum absolute atomic E-state index is 0.386. The fraction of sp³-hybridized carbons (Fsp3) is 0.462. The summed E-state index contributed by atoms with van der Waals surface area (Å²) in [6.45, 7) is 1.65. The van der Waals surface area contributed by atoms with Crippen LogP contribution in [-0.2, 0) is 15.6 Å². The lowest BCUT2D eigenvalue weighted by Crippen LogP contribution is -2.38. The van der Waals surface area contributed by atoms with Crippen molar-refractivity contribution in [1.82, 2.24) is 0 Å². The number of carboxylic acid groups (broad SMARTS) is 1. The van der Waals surface area contributed by atoms with Gasteiger partial charge in [0, 0.05) is 4.90 Å². The Morgan fingerprint density at radius 1 is 1.44 bits per heavy atom. The minimum atomic E-state index is -1.40. The summed E-state index contributed by atoms with van der Waals surface area (Å²) in [5, 5.41) is 8.89. The number of rotatable bonds is 3. The van der Waals surface area contributed by atoms with Crippen LogP contribution in [0.25, 0.3) is 0 Å². The van der Waals surface area contributed by atoms with Crippen molar-refractivity contribution in [3.05, 3.63) is 30.1 Å². The number of benzene rings is 1. The molecule has 1 N–H and O–H groups in total. The Morgan fingerprint density at radius 2 is 2.06 bits per heavy atom. The van der Waals surface area contributed by atoms with Gasteiger partial charge in [0.1, 0.15) is 5.82 Å². The van der Waals surface area contributed by atoms with Crippen LogP contribution in [0.2, 0.25) is 0 Å². The predicted molar refractivity (Wildman–Crippen MR) is 66.2 cm³/mol. The van der Waals surface area contributed by atoms with Gasteiger partial charge in [-0.05, 0) is 44.0 Å². The fourth-order valence-corrected chi connectivity index (χ4v) is 4.26. The third-order valence-electron chi connectivity index (χ3n) is 3.67. The van der Waals surface area contributed by atoms with E-state index in [1.807, 2.05) is 0 Å². The van der Waals surface area contributed by atoms with Gasteiger partial charge < -0.3 is 5.11 Å². The first kappa shape index (κ1) is 13.2. The highest BCUT2D eigenvalue weighted by Crippen LogP contribution is 2.42. The van der Waals surface area contributed by atoms with E-state index in [0.29, 0.717) is 17.7 Å². The molecule has 1 aliphatic carbocycles. The molecule has 0 heterocycles. The van der Waals surface area contributed by atoms with Crippen LogP contribution in [0.15, 0.2) is 29.2 Å². The molecular formula is C13H15FO3S. The van der Waals surface area contributed by atoms with E-state index in [1.165, 1.54) is 24.3 Å². The summed E-state index contributed by atoms with van der Waals surface area (Å²) in [6, 6.07) is 5.43. The highest BCUT2D eigenvalue weighted by atomic mass is 32.2. The minimum Gasteiger partial charge on any atom is -0.481 e. The van der Waals surface area contributed by atoms with Crippen LogP contribution < -0.4 is 0 Å². The molecule has 0 aromatic heterocycles. The van der Waals surface area contributed by atoms with E-state index in [1.54, 1.807) is 6.92 Å². The second kappa shape index (κ2) is 4.80. The Balaban J connectivity index is 2.28. The van der Waals surface area contributed by atoms with Gasteiger partial charge in [-0.1, -0.05) is 6.42 Å². The van der Waals surface area contributed by atoms with Gasteiger partial charge in [-0.3, -0.25) is 9.00 Å². The lowest BCUT2D eigenvalue weighted by atomic mass is 9.89. The highest BCUT2D eigenvalue weighted by molar-refractivity contribution is 7.85. The Bertz CT molecular complexity index is 486. The zero-order valence-electron chi connectivity index (χ0n) is 10.1. The number of aliphatic carboxylic acids is 1. The van der Waals surface area contributed by atoms with Crippen molar-refractivity contribution >= 4 is 16.8 Å². The van der Waals surface area contributed by atoms with E-state index in [2.05, 4.69) is 0 Å². The first-order valence-corrected chi connectivity index (χ1v) is 7.06. The Morgan fingerprint density at radius 3 is 2.61 bits per heavy atom. The van der Waals surface area contributed by atoms with Gasteiger partial charge in [0.05, 0.1) is 21.5 Å². The van der Waals surface area contributed by atoms with Gasteiger partial charge >= 0.3 is 5.97 Å². The van der Waals surface area contributed by atoms with Gasteiger partial charge in [0.25, 0.3) is 0 Å². The summed E-state index contributed by atoms with van der Waals surface area (Å²) >= 11 is 0. The molecule has 18 heavy (non-hydrogen) atoms. The number of carboxylic acids is 1.